The van der Waals surface area contributed by atoms with Crippen LogP contribution in [0.25, 0.3) is 0 Å². The van der Waals surface area contributed by atoms with E-state index >= 15 is 0 Å². The molecule has 0 saturated carbocycles. The molecule has 4 amide bonds. The van der Waals surface area contributed by atoms with Gasteiger partial charge < -0.3 is 30.7 Å². The molecular weight excluding hydrogens is 504 g/mol. The number of nitrogens with one attached hydrogen (secondary N) is 2. The SMILES string of the molecule is C#Cc1ccc(C(C(=O)NCC(=O)OC)N(CCCCCC)C(=O)C(CC(N)=O)NC(=O)OC(C)(C)C)cc1. The molecule has 214 valence electrons. The Morgan fingerprint density at radius 3 is 2.23 bits per heavy atom. The zero-order valence-electron chi connectivity index (χ0n) is 23.4. The second-order valence-corrected chi connectivity index (χ2v) is 9.92. The van der Waals surface area contributed by atoms with E-state index in [-0.39, 0.29) is 6.54 Å². The van der Waals surface area contributed by atoms with Crippen molar-refractivity contribution in [2.24, 2.45) is 5.73 Å². The number of nitrogens with two attached hydrogens (primary N) is 1. The van der Waals surface area contributed by atoms with Gasteiger partial charge >= 0.3 is 12.1 Å². The third-order valence-corrected chi connectivity index (χ3v) is 5.52. The third-order valence-electron chi connectivity index (χ3n) is 5.52. The smallest absolute Gasteiger partial charge is 0.408 e. The van der Waals surface area contributed by atoms with Gasteiger partial charge in [0.15, 0.2) is 0 Å². The van der Waals surface area contributed by atoms with Crippen LogP contribution >= 0.6 is 0 Å². The summed E-state index contributed by atoms with van der Waals surface area (Å²) in [6.07, 6.45) is 7.19. The second kappa shape index (κ2) is 16.0. The van der Waals surface area contributed by atoms with Crippen LogP contribution < -0.4 is 16.4 Å². The van der Waals surface area contributed by atoms with Crippen molar-refractivity contribution in [2.75, 3.05) is 20.2 Å². The van der Waals surface area contributed by atoms with Gasteiger partial charge in [0.2, 0.25) is 17.7 Å². The lowest BCUT2D eigenvalue weighted by Crippen LogP contribution is -2.54. The Hall–Kier alpha value is -4.07. The number of hydrogen-bond donors (Lipinski definition) is 3. The fraction of sp³-hybridized carbons (Fsp3) is 0.536. The normalized spacial score (nSPS) is 12.3. The van der Waals surface area contributed by atoms with E-state index in [0.29, 0.717) is 17.5 Å². The third kappa shape index (κ3) is 11.9. The first-order valence-corrected chi connectivity index (χ1v) is 12.8. The molecule has 4 N–H and O–H groups in total. The van der Waals surface area contributed by atoms with Crippen molar-refractivity contribution in [3.8, 4) is 12.3 Å². The van der Waals surface area contributed by atoms with Crippen molar-refractivity contribution < 1.29 is 33.4 Å². The van der Waals surface area contributed by atoms with Gasteiger partial charge in [-0.1, -0.05) is 44.2 Å². The zero-order valence-corrected chi connectivity index (χ0v) is 23.4. The summed E-state index contributed by atoms with van der Waals surface area (Å²) in [4.78, 5) is 64.8. The Bertz CT molecular complexity index is 1040. The van der Waals surface area contributed by atoms with Crippen LogP contribution in [0.3, 0.4) is 0 Å². The van der Waals surface area contributed by atoms with Crippen molar-refractivity contribution in [2.45, 2.75) is 77.5 Å². The molecule has 1 rings (SSSR count). The number of esters is 1. The summed E-state index contributed by atoms with van der Waals surface area (Å²) in [5.41, 5.74) is 5.51. The number of terminal acetylenes is 1. The van der Waals surface area contributed by atoms with Gasteiger partial charge in [-0.3, -0.25) is 19.2 Å². The first-order chi connectivity index (χ1) is 18.3. The monoisotopic (exact) mass is 544 g/mol. The molecule has 0 spiro atoms. The summed E-state index contributed by atoms with van der Waals surface area (Å²) in [5.74, 6) is -0.387. The largest absolute Gasteiger partial charge is 0.468 e. The number of ether oxygens (including phenoxy) is 2. The molecule has 0 heterocycles. The van der Waals surface area contributed by atoms with E-state index < -0.39 is 60.4 Å². The number of primary amides is 1. The maximum atomic E-state index is 13.9. The highest BCUT2D eigenvalue weighted by Gasteiger charge is 2.37. The summed E-state index contributed by atoms with van der Waals surface area (Å²) in [6, 6.07) is 3.84. The number of alkyl carbamates (subject to hydrolysis) is 1. The van der Waals surface area contributed by atoms with Crippen molar-refractivity contribution >= 4 is 29.8 Å². The standard InChI is InChI=1S/C28H40N4O7/c1-7-9-10-11-16-32(26(36)21(17-22(29)33)31-27(37)39-28(3,4)5)24(25(35)30-18-23(34)38-6)20-14-12-19(8-2)13-15-20/h2,12-15,21,24H,7,9-11,16-18H2,1,3-6H3,(H2,29,33)(H,30,35)(H,31,37). The molecule has 11 heteroatoms. The number of unbranched alkanes of at least 4 members (excludes halogenated alkanes) is 3. The molecule has 1 aromatic rings. The van der Waals surface area contributed by atoms with Gasteiger partial charge in [0.25, 0.3) is 0 Å². The van der Waals surface area contributed by atoms with E-state index in [1.807, 2.05) is 6.92 Å². The van der Waals surface area contributed by atoms with Gasteiger partial charge in [-0.15, -0.1) is 6.42 Å². The average Bonchev–Trinajstić information content (AvgIpc) is 2.86. The Morgan fingerprint density at radius 2 is 1.72 bits per heavy atom. The van der Waals surface area contributed by atoms with Gasteiger partial charge in [-0.05, 0) is 44.9 Å². The van der Waals surface area contributed by atoms with Crippen LogP contribution in [0.15, 0.2) is 24.3 Å². The topological polar surface area (TPSA) is 157 Å². The van der Waals surface area contributed by atoms with Crippen LogP contribution in [0.2, 0.25) is 0 Å². The number of nitrogens with zero attached hydrogens (tertiary/aromatic N) is 1. The van der Waals surface area contributed by atoms with E-state index in [2.05, 4.69) is 21.3 Å². The minimum atomic E-state index is -1.40. The highest BCUT2D eigenvalue weighted by Crippen LogP contribution is 2.24. The molecule has 0 fully saturated rings. The van der Waals surface area contributed by atoms with Crippen molar-refractivity contribution in [3.05, 3.63) is 35.4 Å². The fourth-order valence-corrected chi connectivity index (χ4v) is 3.69. The number of amides is 4. The van der Waals surface area contributed by atoms with E-state index in [1.165, 1.54) is 12.0 Å². The van der Waals surface area contributed by atoms with Crippen molar-refractivity contribution in [1.29, 1.82) is 0 Å². The van der Waals surface area contributed by atoms with Gasteiger partial charge in [0.1, 0.15) is 24.2 Å². The zero-order chi connectivity index (χ0) is 29.6. The quantitative estimate of drug-likeness (QED) is 0.184. The van der Waals surface area contributed by atoms with Crippen LogP contribution in [0.4, 0.5) is 4.79 Å². The molecular formula is C28H40N4O7. The lowest BCUT2D eigenvalue weighted by molar-refractivity contribution is -0.145. The fourth-order valence-electron chi connectivity index (χ4n) is 3.69. The summed E-state index contributed by atoms with van der Waals surface area (Å²) in [5, 5.41) is 4.92. The minimum Gasteiger partial charge on any atom is -0.468 e. The lowest BCUT2D eigenvalue weighted by Gasteiger charge is -2.34. The van der Waals surface area contributed by atoms with Crippen LogP contribution in [-0.4, -0.2) is 66.5 Å². The molecule has 0 aliphatic rings. The summed E-state index contributed by atoms with van der Waals surface area (Å²) < 4.78 is 9.88. The van der Waals surface area contributed by atoms with E-state index in [4.69, 9.17) is 16.9 Å². The number of rotatable bonds is 14. The minimum absolute atomic E-state index is 0.122. The Balaban J connectivity index is 3.52. The molecule has 0 saturated heterocycles. The van der Waals surface area contributed by atoms with Crippen LogP contribution in [0.5, 0.6) is 0 Å². The molecule has 0 bridgehead atoms. The molecule has 11 nitrogen and oxygen atoms in total. The van der Waals surface area contributed by atoms with Crippen LogP contribution in [-0.2, 0) is 28.7 Å². The first-order valence-electron chi connectivity index (χ1n) is 12.8. The maximum absolute atomic E-state index is 13.9. The molecule has 2 atom stereocenters. The molecule has 0 aliphatic carbocycles. The summed E-state index contributed by atoms with van der Waals surface area (Å²) in [6.45, 7) is 6.69. The van der Waals surface area contributed by atoms with Gasteiger partial charge in [-0.2, -0.15) is 0 Å². The lowest BCUT2D eigenvalue weighted by atomic mass is 10.00. The molecule has 0 aliphatic heterocycles. The predicted molar refractivity (Wildman–Crippen MR) is 145 cm³/mol. The first kappa shape index (κ1) is 33.0. The van der Waals surface area contributed by atoms with Crippen molar-refractivity contribution in [1.82, 2.24) is 15.5 Å². The van der Waals surface area contributed by atoms with Gasteiger partial charge in [-0.25, -0.2) is 4.79 Å². The van der Waals surface area contributed by atoms with Crippen LogP contribution in [0, 0.1) is 12.3 Å². The average molecular weight is 545 g/mol. The Labute approximate surface area is 230 Å². The van der Waals surface area contributed by atoms with Crippen molar-refractivity contribution in [3.63, 3.8) is 0 Å². The molecule has 0 aromatic heterocycles. The number of benzene rings is 1. The Morgan fingerprint density at radius 1 is 1.08 bits per heavy atom. The summed E-state index contributed by atoms with van der Waals surface area (Å²) >= 11 is 0. The number of carbonyl (C=O) groups excluding carboxylic acids is 5. The number of carbonyl (C=O) groups is 5. The molecule has 2 unspecified atom stereocenters. The van der Waals surface area contributed by atoms with E-state index in [0.717, 1.165) is 19.3 Å². The van der Waals surface area contributed by atoms with E-state index in [9.17, 15) is 24.0 Å². The highest BCUT2D eigenvalue weighted by atomic mass is 16.6. The van der Waals surface area contributed by atoms with Gasteiger partial charge in [0.05, 0.1) is 13.5 Å². The second-order valence-electron chi connectivity index (χ2n) is 9.92. The molecule has 39 heavy (non-hydrogen) atoms. The maximum Gasteiger partial charge on any atom is 0.408 e. The predicted octanol–water partition coefficient (Wildman–Crippen LogP) is 2.18. The number of hydrogen-bond acceptors (Lipinski definition) is 7. The highest BCUT2D eigenvalue weighted by molar-refractivity contribution is 5.95. The Kier molecular flexibility index (Phi) is 13.5. The van der Waals surface area contributed by atoms with E-state index in [1.54, 1.807) is 45.0 Å². The number of methoxy groups -OCH3 is 1. The molecule has 0 radical (unpaired) electrons. The summed E-state index contributed by atoms with van der Waals surface area (Å²) in [7, 11) is 1.19. The van der Waals surface area contributed by atoms with Gasteiger partial charge in [0, 0.05) is 12.1 Å². The van der Waals surface area contributed by atoms with Crippen LogP contribution in [0.1, 0.15) is 77.0 Å². The molecule has 1 aromatic carbocycles.